The standard InChI is InChI=1S/C24H23F3N4O/c1-15-22(16(2)31(30-15)21-12-9-18(10-13-21)24(25,26)27)17-8-11-20(14-17)29-23(32)28-19-6-4-3-5-7-19/h3-13,17,20H,14H2,1-2H3,(H2,28,29,32). The Hall–Kier alpha value is -3.55. The summed E-state index contributed by atoms with van der Waals surface area (Å²) >= 11 is 0. The maximum Gasteiger partial charge on any atom is 0.416 e. The lowest BCUT2D eigenvalue weighted by molar-refractivity contribution is -0.137. The molecule has 1 aromatic heterocycles. The first kappa shape index (κ1) is 21.7. The van der Waals surface area contributed by atoms with Gasteiger partial charge in [0.1, 0.15) is 0 Å². The zero-order valence-electron chi connectivity index (χ0n) is 17.6. The quantitative estimate of drug-likeness (QED) is 0.508. The predicted molar refractivity (Wildman–Crippen MR) is 117 cm³/mol. The Labute approximate surface area is 183 Å². The van der Waals surface area contributed by atoms with E-state index in [-0.39, 0.29) is 18.0 Å². The number of hydrogen-bond acceptors (Lipinski definition) is 2. The van der Waals surface area contributed by atoms with Gasteiger partial charge in [-0.3, -0.25) is 0 Å². The highest BCUT2D eigenvalue weighted by atomic mass is 19.4. The van der Waals surface area contributed by atoms with E-state index in [9.17, 15) is 18.0 Å². The van der Waals surface area contributed by atoms with Crippen molar-refractivity contribution in [2.45, 2.75) is 38.4 Å². The topological polar surface area (TPSA) is 59.0 Å². The van der Waals surface area contributed by atoms with Crippen LogP contribution in [0.25, 0.3) is 5.69 Å². The van der Waals surface area contributed by atoms with Crippen LogP contribution in [0.15, 0.2) is 66.7 Å². The number of para-hydroxylation sites is 1. The number of amides is 2. The SMILES string of the molecule is Cc1nn(-c2ccc(C(F)(F)F)cc2)c(C)c1C1C=CC(NC(=O)Nc2ccccc2)C1. The monoisotopic (exact) mass is 440 g/mol. The number of rotatable bonds is 4. The van der Waals surface area contributed by atoms with Crippen molar-refractivity contribution in [3.8, 4) is 5.69 Å². The minimum Gasteiger partial charge on any atom is -0.332 e. The summed E-state index contributed by atoms with van der Waals surface area (Å²) in [5.74, 6) is 0.0558. The molecule has 2 atom stereocenters. The Morgan fingerprint density at radius 3 is 2.38 bits per heavy atom. The van der Waals surface area contributed by atoms with Gasteiger partial charge < -0.3 is 10.6 Å². The minimum atomic E-state index is -4.37. The fourth-order valence-electron chi connectivity index (χ4n) is 4.11. The van der Waals surface area contributed by atoms with Gasteiger partial charge in [0, 0.05) is 28.9 Å². The number of urea groups is 1. The minimum absolute atomic E-state index is 0.0558. The number of hydrogen-bond donors (Lipinski definition) is 2. The number of nitrogens with zero attached hydrogens (tertiary/aromatic N) is 2. The maximum absolute atomic E-state index is 12.9. The van der Waals surface area contributed by atoms with Gasteiger partial charge in [-0.25, -0.2) is 9.48 Å². The fraction of sp³-hybridized carbons (Fsp3) is 0.250. The first-order chi connectivity index (χ1) is 15.2. The molecule has 2 unspecified atom stereocenters. The lowest BCUT2D eigenvalue weighted by Crippen LogP contribution is -2.36. The van der Waals surface area contributed by atoms with E-state index in [0.29, 0.717) is 17.8 Å². The van der Waals surface area contributed by atoms with Gasteiger partial charge in [-0.2, -0.15) is 18.3 Å². The summed E-state index contributed by atoms with van der Waals surface area (Å²) in [6.45, 7) is 3.79. The molecule has 0 fully saturated rings. The molecule has 166 valence electrons. The van der Waals surface area contributed by atoms with Gasteiger partial charge in [0.25, 0.3) is 0 Å². The van der Waals surface area contributed by atoms with Crippen molar-refractivity contribution in [3.63, 3.8) is 0 Å². The second-order valence-electron chi connectivity index (χ2n) is 7.84. The highest BCUT2D eigenvalue weighted by Crippen LogP contribution is 2.34. The molecule has 0 spiro atoms. The number of nitrogens with one attached hydrogen (secondary N) is 2. The molecule has 8 heteroatoms. The smallest absolute Gasteiger partial charge is 0.332 e. The number of anilines is 1. The lowest BCUT2D eigenvalue weighted by Gasteiger charge is -2.15. The summed E-state index contributed by atoms with van der Waals surface area (Å²) in [6, 6.07) is 13.8. The molecule has 0 radical (unpaired) electrons. The molecule has 1 heterocycles. The Morgan fingerprint density at radius 2 is 1.72 bits per heavy atom. The maximum atomic E-state index is 12.9. The van der Waals surface area contributed by atoms with E-state index in [1.165, 1.54) is 12.1 Å². The molecule has 0 saturated carbocycles. The zero-order chi connectivity index (χ0) is 22.9. The number of aryl methyl sites for hydroxylation is 1. The van der Waals surface area contributed by atoms with E-state index in [1.54, 1.807) is 4.68 Å². The number of allylic oxidation sites excluding steroid dienone is 1. The van der Waals surface area contributed by atoms with Crippen LogP contribution in [0.1, 0.15) is 34.9 Å². The summed E-state index contributed by atoms with van der Waals surface area (Å²) < 4.78 is 40.2. The van der Waals surface area contributed by atoms with Crippen molar-refractivity contribution >= 4 is 11.7 Å². The van der Waals surface area contributed by atoms with E-state index in [0.717, 1.165) is 29.1 Å². The Balaban J connectivity index is 1.45. The number of aromatic nitrogens is 2. The molecular weight excluding hydrogens is 417 g/mol. The number of carbonyl (C=O) groups is 1. The second-order valence-corrected chi connectivity index (χ2v) is 7.84. The van der Waals surface area contributed by atoms with Crippen LogP contribution in [-0.4, -0.2) is 21.9 Å². The summed E-state index contributed by atoms with van der Waals surface area (Å²) in [4.78, 5) is 12.3. The van der Waals surface area contributed by atoms with Crippen LogP contribution in [0.2, 0.25) is 0 Å². The van der Waals surface area contributed by atoms with Crippen LogP contribution < -0.4 is 10.6 Å². The average molecular weight is 440 g/mol. The summed E-state index contributed by atoms with van der Waals surface area (Å²) in [7, 11) is 0. The average Bonchev–Trinajstić information content (AvgIpc) is 3.31. The molecule has 2 aromatic carbocycles. The third-order valence-electron chi connectivity index (χ3n) is 5.59. The van der Waals surface area contributed by atoms with Crippen LogP contribution in [0.3, 0.4) is 0 Å². The van der Waals surface area contributed by atoms with Crippen LogP contribution >= 0.6 is 0 Å². The normalized spacial score (nSPS) is 18.0. The number of carbonyl (C=O) groups excluding carboxylic acids is 1. The molecule has 1 aliphatic rings. The third kappa shape index (κ3) is 4.54. The first-order valence-electron chi connectivity index (χ1n) is 10.3. The van der Waals surface area contributed by atoms with Crippen molar-refractivity contribution in [2.24, 2.45) is 0 Å². The van der Waals surface area contributed by atoms with Gasteiger partial charge in [-0.05, 0) is 56.7 Å². The number of halogens is 3. The molecule has 0 aliphatic heterocycles. The summed E-state index contributed by atoms with van der Waals surface area (Å²) in [5.41, 5.74) is 3.30. The van der Waals surface area contributed by atoms with Crippen molar-refractivity contribution in [1.82, 2.24) is 15.1 Å². The van der Waals surface area contributed by atoms with Gasteiger partial charge in [0.2, 0.25) is 0 Å². The molecule has 1 aliphatic carbocycles. The molecule has 2 N–H and O–H groups in total. The zero-order valence-corrected chi connectivity index (χ0v) is 17.6. The van der Waals surface area contributed by atoms with E-state index < -0.39 is 11.7 Å². The molecule has 3 aromatic rings. The Morgan fingerprint density at radius 1 is 1.03 bits per heavy atom. The lowest BCUT2D eigenvalue weighted by atomic mass is 9.96. The highest BCUT2D eigenvalue weighted by molar-refractivity contribution is 5.89. The summed E-state index contributed by atoms with van der Waals surface area (Å²) in [6.07, 6.45) is 0.315. The van der Waals surface area contributed by atoms with Crippen LogP contribution in [0, 0.1) is 13.8 Å². The number of benzene rings is 2. The van der Waals surface area contributed by atoms with E-state index in [1.807, 2.05) is 56.3 Å². The fourth-order valence-corrected chi connectivity index (χ4v) is 4.11. The molecule has 2 amide bonds. The molecule has 32 heavy (non-hydrogen) atoms. The molecule has 4 rings (SSSR count). The van der Waals surface area contributed by atoms with E-state index in [4.69, 9.17) is 0 Å². The van der Waals surface area contributed by atoms with Crippen molar-refractivity contribution in [2.75, 3.05) is 5.32 Å². The van der Waals surface area contributed by atoms with Gasteiger partial charge in [-0.15, -0.1) is 0 Å². The van der Waals surface area contributed by atoms with Gasteiger partial charge in [-0.1, -0.05) is 30.4 Å². The molecular formula is C24H23F3N4O. The van der Waals surface area contributed by atoms with Gasteiger partial charge in [0.15, 0.2) is 0 Å². The molecule has 5 nitrogen and oxygen atoms in total. The first-order valence-corrected chi connectivity index (χ1v) is 10.3. The largest absolute Gasteiger partial charge is 0.416 e. The van der Waals surface area contributed by atoms with E-state index in [2.05, 4.69) is 15.7 Å². The Bertz CT molecular complexity index is 1130. The second kappa shape index (κ2) is 8.53. The van der Waals surface area contributed by atoms with Crippen LogP contribution in [0.5, 0.6) is 0 Å². The van der Waals surface area contributed by atoms with Crippen molar-refractivity contribution < 1.29 is 18.0 Å². The third-order valence-corrected chi connectivity index (χ3v) is 5.59. The Kier molecular flexibility index (Phi) is 5.78. The van der Waals surface area contributed by atoms with Gasteiger partial charge >= 0.3 is 12.2 Å². The number of alkyl halides is 3. The van der Waals surface area contributed by atoms with Crippen LogP contribution in [0.4, 0.5) is 23.7 Å². The van der Waals surface area contributed by atoms with Crippen LogP contribution in [-0.2, 0) is 6.18 Å². The predicted octanol–water partition coefficient (Wildman–Crippen LogP) is 5.74. The van der Waals surface area contributed by atoms with Crippen molar-refractivity contribution in [1.29, 1.82) is 0 Å². The molecule has 0 bridgehead atoms. The van der Waals surface area contributed by atoms with E-state index >= 15 is 0 Å². The van der Waals surface area contributed by atoms with Gasteiger partial charge in [0.05, 0.1) is 16.9 Å². The molecule has 0 saturated heterocycles. The van der Waals surface area contributed by atoms with Crippen molar-refractivity contribution in [3.05, 3.63) is 89.3 Å². The highest BCUT2D eigenvalue weighted by Gasteiger charge is 2.30. The summed E-state index contributed by atoms with van der Waals surface area (Å²) in [5, 5.41) is 10.3.